The van der Waals surface area contributed by atoms with Crippen molar-refractivity contribution in [1.82, 2.24) is 4.90 Å². The highest BCUT2D eigenvalue weighted by Gasteiger charge is 2.35. The van der Waals surface area contributed by atoms with Gasteiger partial charge in [0.15, 0.2) is 0 Å². The number of benzene rings is 2. The van der Waals surface area contributed by atoms with Crippen LogP contribution in [0.3, 0.4) is 0 Å². The van der Waals surface area contributed by atoms with E-state index in [2.05, 4.69) is 20.8 Å². The van der Waals surface area contributed by atoms with Crippen molar-refractivity contribution in [2.24, 2.45) is 0 Å². The Kier molecular flexibility index (Phi) is 6.36. The van der Waals surface area contributed by atoms with Crippen LogP contribution in [-0.2, 0) is 6.61 Å². The van der Waals surface area contributed by atoms with E-state index in [0.717, 1.165) is 27.9 Å². The number of β-amino-alcohol motifs (C(OH)–C–C–N with tert-alkyl or cyclic N) is 1. The third kappa shape index (κ3) is 4.54. The van der Waals surface area contributed by atoms with E-state index in [1.54, 1.807) is 0 Å². The van der Waals surface area contributed by atoms with Crippen LogP contribution < -0.4 is 4.74 Å². The second-order valence-corrected chi connectivity index (χ2v) is 7.51. The van der Waals surface area contributed by atoms with Crippen molar-refractivity contribution in [2.75, 3.05) is 19.7 Å². The van der Waals surface area contributed by atoms with E-state index < -0.39 is 6.10 Å². The average molecular weight is 427 g/mol. The molecule has 1 aliphatic heterocycles. The highest BCUT2D eigenvalue weighted by molar-refractivity contribution is 9.10. The van der Waals surface area contributed by atoms with Gasteiger partial charge in [0, 0.05) is 28.1 Å². The van der Waals surface area contributed by atoms with Crippen LogP contribution in [0.1, 0.15) is 23.6 Å². The monoisotopic (exact) mass is 425 g/mol. The van der Waals surface area contributed by atoms with Crippen LogP contribution in [0.25, 0.3) is 0 Å². The molecule has 134 valence electrons. The highest BCUT2D eigenvalue weighted by atomic mass is 79.9. The van der Waals surface area contributed by atoms with E-state index in [4.69, 9.17) is 16.3 Å². The van der Waals surface area contributed by atoms with Crippen molar-refractivity contribution in [1.29, 1.82) is 0 Å². The van der Waals surface area contributed by atoms with Gasteiger partial charge >= 0.3 is 0 Å². The van der Waals surface area contributed by atoms with Gasteiger partial charge in [-0.2, -0.15) is 0 Å². The Hall–Kier alpha value is -1.11. The zero-order valence-electron chi connectivity index (χ0n) is 13.7. The van der Waals surface area contributed by atoms with Gasteiger partial charge in [-0.05, 0) is 42.3 Å². The lowest BCUT2D eigenvalue weighted by atomic mass is 10.0. The second kappa shape index (κ2) is 8.52. The van der Waals surface area contributed by atoms with Gasteiger partial charge in [-0.3, -0.25) is 4.90 Å². The number of ether oxygens (including phenoxy) is 1. The van der Waals surface area contributed by atoms with Gasteiger partial charge in [-0.1, -0.05) is 39.7 Å². The Morgan fingerprint density at radius 3 is 2.68 bits per heavy atom. The van der Waals surface area contributed by atoms with Gasteiger partial charge in [0.25, 0.3) is 0 Å². The van der Waals surface area contributed by atoms with E-state index in [9.17, 15) is 10.2 Å². The van der Waals surface area contributed by atoms with E-state index in [1.165, 1.54) is 0 Å². The predicted octanol–water partition coefficient (Wildman–Crippen LogP) is 3.78. The number of aliphatic hydroxyl groups excluding tert-OH is 2. The fraction of sp³-hybridized carbons (Fsp3) is 0.368. The number of hydrogen-bond acceptors (Lipinski definition) is 4. The molecule has 4 nitrogen and oxygen atoms in total. The van der Waals surface area contributed by atoms with Crippen molar-refractivity contribution < 1.29 is 14.9 Å². The third-order valence-corrected chi connectivity index (χ3v) is 5.20. The largest absolute Gasteiger partial charge is 0.489 e. The normalized spacial score (nSPS) is 20.8. The van der Waals surface area contributed by atoms with Gasteiger partial charge in [-0.25, -0.2) is 0 Å². The molecule has 0 aliphatic carbocycles. The fourth-order valence-corrected chi connectivity index (χ4v) is 3.75. The molecular weight excluding hydrogens is 406 g/mol. The van der Waals surface area contributed by atoms with E-state index >= 15 is 0 Å². The molecule has 2 unspecified atom stereocenters. The summed E-state index contributed by atoms with van der Waals surface area (Å²) in [4.78, 5) is 2.10. The van der Waals surface area contributed by atoms with Crippen LogP contribution in [0, 0.1) is 0 Å². The quantitative estimate of drug-likeness (QED) is 0.738. The first-order valence-corrected chi connectivity index (χ1v) is 9.45. The van der Waals surface area contributed by atoms with Crippen LogP contribution >= 0.6 is 27.5 Å². The first-order chi connectivity index (χ1) is 12.1. The molecule has 0 saturated carbocycles. The molecule has 3 rings (SSSR count). The standard InChI is InChI=1S/C19H21BrClNO3/c20-14-3-6-18(25-12-13-1-4-15(21)5-2-13)16(11-14)19-17(24)7-8-22(19)9-10-23/h1-6,11,17,19,23-24H,7-10,12H2. The first-order valence-electron chi connectivity index (χ1n) is 8.28. The van der Waals surface area contributed by atoms with E-state index in [-0.39, 0.29) is 12.6 Å². The van der Waals surface area contributed by atoms with E-state index in [1.807, 2.05) is 42.5 Å². The Labute approximate surface area is 161 Å². The van der Waals surface area contributed by atoms with Gasteiger partial charge in [0.1, 0.15) is 12.4 Å². The molecule has 2 N–H and O–H groups in total. The molecule has 6 heteroatoms. The minimum Gasteiger partial charge on any atom is -0.489 e. The lowest BCUT2D eigenvalue weighted by Gasteiger charge is -2.27. The summed E-state index contributed by atoms with van der Waals surface area (Å²) in [5, 5.41) is 20.5. The van der Waals surface area contributed by atoms with Crippen LogP contribution in [0.2, 0.25) is 5.02 Å². The molecule has 0 aromatic heterocycles. The summed E-state index contributed by atoms with van der Waals surface area (Å²) < 4.78 is 6.98. The smallest absolute Gasteiger partial charge is 0.124 e. The number of rotatable bonds is 6. The summed E-state index contributed by atoms with van der Waals surface area (Å²) in [7, 11) is 0. The van der Waals surface area contributed by atoms with Crippen molar-refractivity contribution in [3.8, 4) is 5.75 Å². The first kappa shape index (κ1) is 18.7. The summed E-state index contributed by atoms with van der Waals surface area (Å²) in [5.41, 5.74) is 1.96. The molecule has 2 aromatic carbocycles. The number of halogens is 2. The molecule has 0 amide bonds. The molecule has 0 bridgehead atoms. The Bertz CT molecular complexity index is 708. The Balaban J connectivity index is 1.83. The molecule has 25 heavy (non-hydrogen) atoms. The summed E-state index contributed by atoms with van der Waals surface area (Å²) >= 11 is 9.43. The molecule has 2 aromatic rings. The van der Waals surface area contributed by atoms with Crippen LogP contribution in [0.15, 0.2) is 46.9 Å². The maximum Gasteiger partial charge on any atom is 0.124 e. The number of nitrogens with zero attached hydrogens (tertiary/aromatic N) is 1. The average Bonchev–Trinajstić information content (AvgIpc) is 2.96. The van der Waals surface area contributed by atoms with Gasteiger partial charge in [-0.15, -0.1) is 0 Å². The van der Waals surface area contributed by atoms with E-state index in [0.29, 0.717) is 24.6 Å². The maximum atomic E-state index is 10.5. The van der Waals surface area contributed by atoms with Crippen molar-refractivity contribution in [3.63, 3.8) is 0 Å². The van der Waals surface area contributed by atoms with Crippen LogP contribution in [0.5, 0.6) is 5.75 Å². The molecule has 1 aliphatic rings. The fourth-order valence-electron chi connectivity index (χ4n) is 3.25. The number of likely N-dealkylation sites (tertiary alicyclic amines) is 1. The maximum absolute atomic E-state index is 10.5. The summed E-state index contributed by atoms with van der Waals surface area (Å²) in [6, 6.07) is 13.2. The molecule has 0 radical (unpaired) electrons. The molecule has 1 heterocycles. The third-order valence-electron chi connectivity index (χ3n) is 4.46. The van der Waals surface area contributed by atoms with Crippen molar-refractivity contribution in [2.45, 2.75) is 25.2 Å². The lowest BCUT2D eigenvalue weighted by Crippen LogP contribution is -2.30. The highest BCUT2D eigenvalue weighted by Crippen LogP contribution is 2.38. The second-order valence-electron chi connectivity index (χ2n) is 6.16. The molecule has 1 fully saturated rings. The molecule has 0 spiro atoms. The summed E-state index contributed by atoms with van der Waals surface area (Å²) in [5.74, 6) is 0.743. The summed E-state index contributed by atoms with van der Waals surface area (Å²) in [6.45, 7) is 1.78. The van der Waals surface area contributed by atoms with Gasteiger partial charge in [0.2, 0.25) is 0 Å². The zero-order valence-corrected chi connectivity index (χ0v) is 16.1. The number of hydrogen-bond donors (Lipinski definition) is 2. The summed E-state index contributed by atoms with van der Waals surface area (Å²) in [6.07, 6.45) is 0.215. The lowest BCUT2D eigenvalue weighted by molar-refractivity contribution is 0.102. The number of aliphatic hydroxyl groups is 2. The molecular formula is C19H21BrClNO3. The van der Waals surface area contributed by atoms with Crippen molar-refractivity contribution in [3.05, 3.63) is 63.1 Å². The minimum atomic E-state index is -0.473. The van der Waals surface area contributed by atoms with Gasteiger partial charge < -0.3 is 14.9 Å². The SMILES string of the molecule is OCCN1CCC(O)C1c1cc(Br)ccc1OCc1ccc(Cl)cc1. The minimum absolute atomic E-state index is 0.0676. The van der Waals surface area contributed by atoms with Gasteiger partial charge in [0.05, 0.1) is 18.8 Å². The van der Waals surface area contributed by atoms with Crippen LogP contribution in [0.4, 0.5) is 0 Å². The molecule has 1 saturated heterocycles. The van der Waals surface area contributed by atoms with Crippen molar-refractivity contribution >= 4 is 27.5 Å². The molecule has 2 atom stereocenters. The topological polar surface area (TPSA) is 52.9 Å². The predicted molar refractivity (Wildman–Crippen MR) is 102 cm³/mol. The zero-order chi connectivity index (χ0) is 17.8. The Morgan fingerprint density at radius 1 is 1.20 bits per heavy atom. The van der Waals surface area contributed by atoms with Crippen LogP contribution in [-0.4, -0.2) is 40.9 Å². The Morgan fingerprint density at radius 2 is 1.96 bits per heavy atom.